The molecule has 16 heteroatoms. The highest BCUT2D eigenvalue weighted by Crippen LogP contribution is 2.40. The van der Waals surface area contributed by atoms with E-state index in [4.69, 9.17) is 10.5 Å². The number of nitrogens with one attached hydrogen (secondary N) is 1. The first-order valence-corrected chi connectivity index (χ1v) is 12.4. The van der Waals surface area contributed by atoms with Gasteiger partial charge in [-0.15, -0.1) is 23.1 Å². The summed E-state index contributed by atoms with van der Waals surface area (Å²) < 4.78 is 5.28. The molecule has 14 nitrogen and oxygen atoms in total. The van der Waals surface area contributed by atoms with E-state index in [2.05, 4.69) is 15.5 Å². The lowest BCUT2D eigenvalue weighted by molar-refractivity contribution is -0.150. The van der Waals surface area contributed by atoms with Crippen molar-refractivity contribution in [1.82, 2.24) is 20.1 Å². The van der Waals surface area contributed by atoms with Gasteiger partial charge in [0.25, 0.3) is 11.8 Å². The van der Waals surface area contributed by atoms with Crippen molar-refractivity contribution < 1.29 is 39.3 Å². The highest BCUT2D eigenvalue weighted by atomic mass is 32.2. The number of thioether (sulfide) groups is 1. The monoisotopic (exact) mass is 526 g/mol. The SMILES string of the molecule is Nc1nc(/C(=N/O)C(=O)NC2C(=O)N3C(C(=O)O)=C(COC(=O)N4CCC[C@H]4CO)CSC23)cs1. The van der Waals surface area contributed by atoms with Gasteiger partial charge in [-0.05, 0) is 12.8 Å². The Balaban J connectivity index is 1.43. The van der Waals surface area contributed by atoms with Gasteiger partial charge in [0.05, 0.1) is 12.6 Å². The Kier molecular flexibility index (Phi) is 7.13. The van der Waals surface area contributed by atoms with Crippen LogP contribution in [0.25, 0.3) is 0 Å². The van der Waals surface area contributed by atoms with Gasteiger partial charge in [-0.1, -0.05) is 5.16 Å². The molecule has 2 saturated heterocycles. The van der Waals surface area contributed by atoms with Crippen LogP contribution in [0.4, 0.5) is 9.93 Å². The summed E-state index contributed by atoms with van der Waals surface area (Å²) in [5.74, 6) is -2.78. The second kappa shape index (κ2) is 10.1. The molecule has 1 aromatic rings. The third kappa shape index (κ3) is 4.63. The third-order valence-electron chi connectivity index (χ3n) is 5.81. The van der Waals surface area contributed by atoms with Gasteiger partial charge in [0.15, 0.2) is 10.8 Å². The smallest absolute Gasteiger partial charge is 0.410 e. The van der Waals surface area contributed by atoms with Gasteiger partial charge in [0.2, 0.25) is 0 Å². The van der Waals surface area contributed by atoms with Crippen molar-refractivity contribution in [1.29, 1.82) is 0 Å². The summed E-state index contributed by atoms with van der Waals surface area (Å²) in [6, 6.07) is -1.40. The molecule has 3 amide bonds. The lowest BCUT2D eigenvalue weighted by Crippen LogP contribution is -2.71. The number of ether oxygens (including phenoxy) is 1. The second-order valence-corrected chi connectivity index (χ2v) is 9.86. The number of carboxylic acid groups (broad SMARTS) is 1. The van der Waals surface area contributed by atoms with E-state index in [9.17, 15) is 34.6 Å². The zero-order valence-corrected chi connectivity index (χ0v) is 19.8. The number of hydrogen-bond acceptors (Lipinski definition) is 12. The number of nitrogens with zero attached hydrogens (tertiary/aromatic N) is 4. The van der Waals surface area contributed by atoms with Gasteiger partial charge >= 0.3 is 12.1 Å². The molecule has 0 saturated carbocycles. The summed E-state index contributed by atoms with van der Waals surface area (Å²) in [6.45, 7) is -0.0871. The maximum atomic E-state index is 12.8. The minimum absolute atomic E-state index is 0.0316. The zero-order chi connectivity index (χ0) is 25.3. The standard InChI is InChI=1S/C19H22N6O8S2/c20-18-21-10(7-35-18)11(23-32)14(27)22-12-15(28)25-13(17(29)30)8(6-34-16(12)25)5-33-19(31)24-3-1-2-9(24)4-26/h7,9,12,16,26,32H,1-6H2,(H2,20,21)(H,22,27)(H,29,30)/b23-11-/t9-,12?,16?/m0/s1. The molecule has 188 valence electrons. The number of anilines is 1. The molecule has 0 aromatic carbocycles. The Hall–Kier alpha value is -3.37. The summed E-state index contributed by atoms with van der Waals surface area (Å²) in [7, 11) is 0. The van der Waals surface area contributed by atoms with Crippen molar-refractivity contribution in [2.24, 2.45) is 5.16 Å². The number of fused-ring (bicyclic) bond motifs is 1. The topological polar surface area (TPSA) is 208 Å². The number of oxime groups is 1. The minimum Gasteiger partial charge on any atom is -0.477 e. The number of carbonyl (C=O) groups is 4. The molecule has 3 aliphatic rings. The van der Waals surface area contributed by atoms with E-state index >= 15 is 0 Å². The highest BCUT2D eigenvalue weighted by Gasteiger charge is 2.54. The molecular weight excluding hydrogens is 504 g/mol. The summed E-state index contributed by atoms with van der Waals surface area (Å²) in [5.41, 5.74) is 5.07. The quantitative estimate of drug-likeness (QED) is 0.129. The molecule has 3 aliphatic heterocycles. The molecule has 6 N–H and O–H groups in total. The van der Waals surface area contributed by atoms with Crippen molar-refractivity contribution in [3.63, 3.8) is 0 Å². The highest BCUT2D eigenvalue weighted by molar-refractivity contribution is 8.00. The number of aromatic nitrogens is 1. The summed E-state index contributed by atoms with van der Waals surface area (Å²) in [4.78, 5) is 56.0. The van der Waals surface area contributed by atoms with Crippen LogP contribution in [0.1, 0.15) is 18.5 Å². The number of amides is 3. The predicted octanol–water partition coefficient (Wildman–Crippen LogP) is -0.764. The Bertz CT molecular complexity index is 1120. The molecule has 2 unspecified atom stereocenters. The molecule has 2 fully saturated rings. The van der Waals surface area contributed by atoms with Crippen LogP contribution in [0.15, 0.2) is 21.8 Å². The fourth-order valence-corrected chi connectivity index (χ4v) is 5.99. The summed E-state index contributed by atoms with van der Waals surface area (Å²) >= 11 is 2.23. The number of nitrogens with two attached hydrogens (primary N) is 1. The lowest BCUT2D eigenvalue weighted by Gasteiger charge is -2.49. The Morgan fingerprint density at radius 1 is 1.37 bits per heavy atom. The van der Waals surface area contributed by atoms with Crippen LogP contribution in [-0.2, 0) is 19.1 Å². The molecule has 3 atom stereocenters. The first-order chi connectivity index (χ1) is 16.8. The molecule has 0 radical (unpaired) electrons. The number of rotatable bonds is 7. The van der Waals surface area contributed by atoms with Crippen molar-refractivity contribution in [3.8, 4) is 0 Å². The second-order valence-electron chi connectivity index (χ2n) is 7.86. The van der Waals surface area contributed by atoms with E-state index < -0.39 is 41.0 Å². The van der Waals surface area contributed by atoms with Crippen LogP contribution in [0, 0.1) is 0 Å². The van der Waals surface area contributed by atoms with Crippen molar-refractivity contribution in [2.45, 2.75) is 30.3 Å². The van der Waals surface area contributed by atoms with E-state index in [1.165, 1.54) is 22.0 Å². The van der Waals surface area contributed by atoms with Gasteiger partial charge in [-0.2, -0.15) is 0 Å². The molecule has 1 aromatic heterocycles. The van der Waals surface area contributed by atoms with E-state index in [0.717, 1.165) is 22.7 Å². The van der Waals surface area contributed by atoms with Crippen LogP contribution in [-0.4, -0.2) is 103 Å². The summed E-state index contributed by atoms with van der Waals surface area (Å²) in [5, 5.41) is 34.6. The van der Waals surface area contributed by atoms with Crippen LogP contribution in [0.3, 0.4) is 0 Å². The van der Waals surface area contributed by atoms with E-state index in [1.807, 2.05) is 0 Å². The maximum absolute atomic E-state index is 12.8. The number of thiazole rings is 1. The predicted molar refractivity (Wildman–Crippen MR) is 123 cm³/mol. The van der Waals surface area contributed by atoms with Crippen LogP contribution < -0.4 is 11.1 Å². The van der Waals surface area contributed by atoms with Crippen molar-refractivity contribution >= 4 is 57.8 Å². The fraction of sp³-hybridized carbons (Fsp3) is 0.474. The number of aliphatic hydroxyl groups excluding tert-OH is 1. The molecule has 0 spiro atoms. The lowest BCUT2D eigenvalue weighted by atomic mass is 10.0. The average molecular weight is 527 g/mol. The third-order valence-corrected chi connectivity index (χ3v) is 7.82. The maximum Gasteiger partial charge on any atom is 0.410 e. The zero-order valence-electron chi connectivity index (χ0n) is 18.1. The summed E-state index contributed by atoms with van der Waals surface area (Å²) in [6.07, 6.45) is 0.721. The normalized spacial score (nSPS) is 24.2. The Morgan fingerprint density at radius 2 is 2.14 bits per heavy atom. The number of β-lactam (4-membered cyclic amide) rings is 1. The fourth-order valence-electron chi connectivity index (χ4n) is 4.11. The molecule has 0 aliphatic carbocycles. The molecular formula is C19H22N6O8S2. The number of aliphatic hydroxyl groups is 1. The minimum atomic E-state index is -1.37. The van der Waals surface area contributed by atoms with Gasteiger partial charge in [-0.3, -0.25) is 14.5 Å². The molecule has 0 bridgehead atoms. The van der Waals surface area contributed by atoms with Gasteiger partial charge < -0.3 is 36.1 Å². The Morgan fingerprint density at radius 3 is 2.77 bits per heavy atom. The van der Waals surface area contributed by atoms with Crippen LogP contribution in [0.2, 0.25) is 0 Å². The number of likely N-dealkylation sites (tertiary alicyclic amines) is 1. The van der Waals surface area contributed by atoms with Crippen LogP contribution >= 0.6 is 23.1 Å². The van der Waals surface area contributed by atoms with Crippen LogP contribution in [0.5, 0.6) is 0 Å². The molecule has 4 rings (SSSR count). The van der Waals surface area contributed by atoms with Gasteiger partial charge in [-0.25, -0.2) is 14.6 Å². The van der Waals surface area contributed by atoms with Gasteiger partial charge in [0, 0.05) is 23.3 Å². The number of hydrogen-bond donors (Lipinski definition) is 5. The number of nitrogen functional groups attached to an aromatic ring is 1. The van der Waals surface area contributed by atoms with Crippen molar-refractivity contribution in [2.75, 3.05) is 31.2 Å². The first-order valence-electron chi connectivity index (χ1n) is 10.4. The Labute approximate surface area is 206 Å². The number of aliphatic carboxylic acids is 1. The van der Waals surface area contributed by atoms with Crippen molar-refractivity contribution in [3.05, 3.63) is 22.3 Å². The molecule has 35 heavy (non-hydrogen) atoms. The van der Waals surface area contributed by atoms with E-state index in [1.54, 1.807) is 0 Å². The first kappa shape index (κ1) is 24.7. The average Bonchev–Trinajstić information content (AvgIpc) is 3.49. The molecule has 4 heterocycles. The van der Waals surface area contributed by atoms with E-state index in [0.29, 0.717) is 13.0 Å². The number of carbonyl (C=O) groups excluding carboxylic acids is 3. The van der Waals surface area contributed by atoms with Gasteiger partial charge in [0.1, 0.15) is 29.4 Å². The number of carboxylic acids is 1. The van der Waals surface area contributed by atoms with E-state index in [-0.39, 0.29) is 47.1 Å². The largest absolute Gasteiger partial charge is 0.477 e.